The number of pyridine rings is 2. The van der Waals surface area contributed by atoms with Crippen LogP contribution in [0.25, 0.3) is 22.2 Å². The van der Waals surface area contributed by atoms with Gasteiger partial charge in [0, 0.05) is 49.8 Å². The molecule has 1 aromatic carbocycles. The zero-order valence-electron chi connectivity index (χ0n) is 15.0. The van der Waals surface area contributed by atoms with Crippen molar-refractivity contribution in [3.8, 4) is 11.1 Å². The molecule has 6 heteroatoms. The summed E-state index contributed by atoms with van der Waals surface area (Å²) >= 11 is 5.07. The van der Waals surface area contributed by atoms with Crippen molar-refractivity contribution in [1.29, 1.82) is 0 Å². The zero-order chi connectivity index (χ0) is 18.9. The summed E-state index contributed by atoms with van der Waals surface area (Å²) in [5.74, 6) is 0. The number of hydrogen-bond acceptors (Lipinski definition) is 4. The normalized spacial score (nSPS) is 10.4. The van der Waals surface area contributed by atoms with E-state index in [0.717, 1.165) is 34.2 Å². The van der Waals surface area contributed by atoms with Gasteiger partial charge in [-0.2, -0.15) is 0 Å². The van der Waals surface area contributed by atoms with Crippen molar-refractivity contribution in [2.24, 2.45) is 5.73 Å². The first-order valence-corrected chi connectivity index (χ1v) is 9.23. The molecule has 4 rings (SSSR count). The number of H-pyrrole nitrogens is 2. The Hall–Kier alpha value is -2.80. The fourth-order valence-electron chi connectivity index (χ4n) is 2.67. The van der Waals surface area contributed by atoms with E-state index in [1.165, 1.54) is 11.1 Å². The second kappa shape index (κ2) is 9.78. The molecule has 0 unspecified atom stereocenters. The van der Waals surface area contributed by atoms with Gasteiger partial charge in [-0.05, 0) is 34.9 Å². The molecule has 0 radical (unpaired) electrons. The Kier molecular flexibility index (Phi) is 6.87. The molecule has 5 nitrogen and oxygen atoms in total. The molecular weight excluding hydrogens is 354 g/mol. The van der Waals surface area contributed by atoms with E-state index in [1.54, 1.807) is 6.20 Å². The van der Waals surface area contributed by atoms with Gasteiger partial charge in [-0.15, -0.1) is 0 Å². The fraction of sp³-hybridized carbons (Fsp3) is 0.143. The van der Waals surface area contributed by atoms with E-state index in [1.807, 2.05) is 36.8 Å². The van der Waals surface area contributed by atoms with Crippen LogP contribution in [-0.2, 0) is 6.54 Å². The van der Waals surface area contributed by atoms with Gasteiger partial charge >= 0.3 is 0 Å². The summed E-state index contributed by atoms with van der Waals surface area (Å²) in [5, 5.41) is 4.35. The molecule has 0 aliphatic rings. The molecule has 138 valence electrons. The molecule has 0 saturated carbocycles. The van der Waals surface area contributed by atoms with E-state index in [-0.39, 0.29) is 0 Å². The largest absolute Gasteiger partial charge is 0.348 e. The number of nitrogens with one attached hydrogen (secondary N) is 3. The molecule has 0 aliphatic carbocycles. The molecule has 4 aromatic rings. The van der Waals surface area contributed by atoms with Crippen LogP contribution in [0.3, 0.4) is 0 Å². The number of nitrogens with zero attached hydrogens (tertiary/aromatic N) is 1. The molecular formula is C21H23N5S. The number of hydrogen-bond donors (Lipinski definition) is 4. The highest BCUT2D eigenvalue weighted by molar-refractivity contribution is 7.71. The third-order valence-electron chi connectivity index (χ3n) is 4.07. The molecule has 0 fully saturated rings. The maximum absolute atomic E-state index is 5.42. The highest BCUT2D eigenvalue weighted by Crippen LogP contribution is 2.18. The molecule has 0 bridgehead atoms. The smallest absolute Gasteiger partial charge is 0.116 e. The van der Waals surface area contributed by atoms with Crippen LogP contribution in [0.15, 0.2) is 73.3 Å². The van der Waals surface area contributed by atoms with Crippen LogP contribution in [0.1, 0.15) is 5.56 Å². The summed E-state index contributed by atoms with van der Waals surface area (Å²) in [6, 6.07) is 16.4. The van der Waals surface area contributed by atoms with Gasteiger partial charge in [0.1, 0.15) is 5.65 Å². The Balaban J connectivity index is 0.000000177. The first-order chi connectivity index (χ1) is 13.3. The van der Waals surface area contributed by atoms with Crippen LogP contribution in [0, 0.1) is 4.51 Å². The van der Waals surface area contributed by atoms with E-state index in [0.29, 0.717) is 6.54 Å². The lowest BCUT2D eigenvalue weighted by atomic mass is 10.1. The third kappa shape index (κ3) is 5.34. The number of benzene rings is 1. The minimum absolute atomic E-state index is 0.674. The predicted molar refractivity (Wildman–Crippen MR) is 114 cm³/mol. The topological polar surface area (TPSA) is 82.5 Å². The van der Waals surface area contributed by atoms with Crippen molar-refractivity contribution in [1.82, 2.24) is 20.3 Å². The SMILES string of the molecule is NCCNCc1ccc(-c2cccnc2)cc1.S=c1cc[nH]c2[nH]ccc12. The second-order valence-electron chi connectivity index (χ2n) is 6.01. The van der Waals surface area contributed by atoms with Gasteiger partial charge in [0.2, 0.25) is 0 Å². The van der Waals surface area contributed by atoms with Crippen molar-refractivity contribution in [3.63, 3.8) is 0 Å². The van der Waals surface area contributed by atoms with Gasteiger partial charge in [0.25, 0.3) is 0 Å². The van der Waals surface area contributed by atoms with Crippen LogP contribution < -0.4 is 11.1 Å². The van der Waals surface area contributed by atoms with Crippen LogP contribution in [0.5, 0.6) is 0 Å². The number of fused-ring (bicyclic) bond motifs is 1. The lowest BCUT2D eigenvalue weighted by Crippen LogP contribution is -2.21. The van der Waals surface area contributed by atoms with Crippen LogP contribution in [-0.4, -0.2) is 28.0 Å². The maximum atomic E-state index is 5.42. The monoisotopic (exact) mass is 377 g/mol. The lowest BCUT2D eigenvalue weighted by Gasteiger charge is -2.05. The summed E-state index contributed by atoms with van der Waals surface area (Å²) in [7, 11) is 0. The summed E-state index contributed by atoms with van der Waals surface area (Å²) < 4.78 is 0.884. The molecule has 0 atom stereocenters. The van der Waals surface area contributed by atoms with E-state index < -0.39 is 0 Å². The standard InChI is InChI=1S/C14H17N3.C7H6N2S/c15-7-9-17-10-12-3-5-13(6-4-12)14-2-1-8-16-11-14;10-6-2-4-9-7-5(6)1-3-8-7/h1-6,8,11,17H,7,9-10,15H2;1-4H,(H2,8,9,10). The van der Waals surface area contributed by atoms with Crippen molar-refractivity contribution in [2.75, 3.05) is 13.1 Å². The van der Waals surface area contributed by atoms with Crippen molar-refractivity contribution in [3.05, 3.63) is 83.4 Å². The Morgan fingerprint density at radius 3 is 2.41 bits per heavy atom. The molecule has 0 amide bonds. The molecule has 0 spiro atoms. The average Bonchev–Trinajstić information content (AvgIpc) is 3.20. The highest BCUT2D eigenvalue weighted by Gasteiger charge is 1.97. The lowest BCUT2D eigenvalue weighted by molar-refractivity contribution is 0.695. The number of rotatable bonds is 5. The first-order valence-electron chi connectivity index (χ1n) is 8.83. The summed E-state index contributed by atoms with van der Waals surface area (Å²) in [6.07, 6.45) is 7.37. The Labute approximate surface area is 163 Å². The number of nitrogens with two attached hydrogens (primary N) is 1. The van der Waals surface area contributed by atoms with E-state index in [2.05, 4.69) is 50.6 Å². The quantitative estimate of drug-likeness (QED) is 0.313. The molecule has 5 N–H and O–H groups in total. The van der Waals surface area contributed by atoms with Gasteiger partial charge in [-0.1, -0.05) is 42.5 Å². The van der Waals surface area contributed by atoms with E-state index in [9.17, 15) is 0 Å². The Bertz CT molecular complexity index is 1010. The van der Waals surface area contributed by atoms with Crippen molar-refractivity contribution < 1.29 is 0 Å². The molecule has 3 aromatic heterocycles. The average molecular weight is 378 g/mol. The van der Waals surface area contributed by atoms with Gasteiger partial charge < -0.3 is 21.0 Å². The predicted octanol–water partition coefficient (Wildman–Crippen LogP) is 4.02. The van der Waals surface area contributed by atoms with Gasteiger partial charge in [-0.25, -0.2) is 0 Å². The summed E-state index contributed by atoms with van der Waals surface area (Å²) in [4.78, 5) is 10.2. The highest BCUT2D eigenvalue weighted by atomic mass is 32.1. The van der Waals surface area contributed by atoms with Crippen LogP contribution >= 0.6 is 12.2 Å². The fourth-order valence-corrected chi connectivity index (χ4v) is 2.91. The summed E-state index contributed by atoms with van der Waals surface area (Å²) in [6.45, 7) is 2.39. The van der Waals surface area contributed by atoms with Gasteiger partial charge in [0.15, 0.2) is 0 Å². The minimum Gasteiger partial charge on any atom is -0.348 e. The van der Waals surface area contributed by atoms with Crippen molar-refractivity contribution >= 4 is 23.3 Å². The second-order valence-corrected chi connectivity index (χ2v) is 6.45. The molecule has 0 aliphatic heterocycles. The Morgan fingerprint density at radius 2 is 1.74 bits per heavy atom. The maximum Gasteiger partial charge on any atom is 0.116 e. The molecule has 27 heavy (non-hydrogen) atoms. The molecule has 3 heterocycles. The first kappa shape index (κ1) is 19.0. The van der Waals surface area contributed by atoms with Crippen LogP contribution in [0.2, 0.25) is 0 Å². The van der Waals surface area contributed by atoms with Gasteiger partial charge in [0.05, 0.1) is 4.51 Å². The Morgan fingerprint density at radius 1 is 0.963 bits per heavy atom. The van der Waals surface area contributed by atoms with Crippen LogP contribution in [0.4, 0.5) is 0 Å². The number of aromatic nitrogens is 3. The van der Waals surface area contributed by atoms with Crippen molar-refractivity contribution in [2.45, 2.75) is 6.54 Å². The van der Waals surface area contributed by atoms with E-state index >= 15 is 0 Å². The summed E-state index contributed by atoms with van der Waals surface area (Å²) in [5.41, 5.74) is 10.0. The molecule has 0 saturated heterocycles. The van der Waals surface area contributed by atoms with Gasteiger partial charge in [-0.3, -0.25) is 4.98 Å². The van der Waals surface area contributed by atoms with E-state index in [4.69, 9.17) is 18.0 Å². The zero-order valence-corrected chi connectivity index (χ0v) is 15.8. The minimum atomic E-state index is 0.674. The number of aromatic amines is 2. The third-order valence-corrected chi connectivity index (χ3v) is 4.43.